The molecule has 2 rings (SSSR count). The van der Waals surface area contributed by atoms with E-state index in [-0.39, 0.29) is 5.56 Å². The van der Waals surface area contributed by atoms with Gasteiger partial charge in [-0.15, -0.1) is 0 Å². The lowest BCUT2D eigenvalue weighted by molar-refractivity contribution is -0.138. The molecule has 0 saturated heterocycles. The van der Waals surface area contributed by atoms with Crippen molar-refractivity contribution in [1.82, 2.24) is 0 Å². The van der Waals surface area contributed by atoms with Crippen molar-refractivity contribution in [2.24, 2.45) is 0 Å². The minimum Gasteiger partial charge on any atom is -0.481 e. The van der Waals surface area contributed by atoms with Crippen LogP contribution >= 0.6 is 10.9 Å². The van der Waals surface area contributed by atoms with Gasteiger partial charge in [-0.1, -0.05) is 18.2 Å². The van der Waals surface area contributed by atoms with Crippen molar-refractivity contribution in [3.8, 4) is 0 Å². The largest absolute Gasteiger partial charge is 0.481 e. The molecule has 0 radical (unpaired) electrons. The summed E-state index contributed by atoms with van der Waals surface area (Å²) in [5.41, 5.74) is 1.56. The van der Waals surface area contributed by atoms with Crippen LogP contribution in [0.4, 0.5) is 0 Å². The molecule has 0 saturated carbocycles. The third kappa shape index (κ3) is 2.63. The molecule has 106 valence electrons. The zero-order valence-electron chi connectivity index (χ0n) is 11.2. The number of carboxylic acid groups (broad SMARTS) is 2. The van der Waals surface area contributed by atoms with Gasteiger partial charge in [0.25, 0.3) is 0 Å². The number of aromatic carboxylic acids is 1. The molecule has 0 fully saturated rings. The second kappa shape index (κ2) is 5.54. The summed E-state index contributed by atoms with van der Waals surface area (Å²) in [6.07, 6.45) is 3.81. The van der Waals surface area contributed by atoms with E-state index in [4.69, 9.17) is 5.11 Å². The molecule has 0 spiro atoms. The SMILES string of the molecule is Cc1cc(C(C)C(=O)O)cc(C(=O)O)c1[SH]1C=CC=C1. The van der Waals surface area contributed by atoms with Gasteiger partial charge in [0.2, 0.25) is 0 Å². The first-order valence-electron chi connectivity index (χ1n) is 6.15. The molecule has 2 N–H and O–H groups in total. The molecule has 1 aliphatic heterocycles. The lowest BCUT2D eigenvalue weighted by Crippen LogP contribution is -2.10. The lowest BCUT2D eigenvalue weighted by atomic mass is 9.97. The van der Waals surface area contributed by atoms with Gasteiger partial charge in [0.15, 0.2) is 0 Å². The quantitative estimate of drug-likeness (QED) is 0.744. The average molecular weight is 292 g/mol. The normalized spacial score (nSPS) is 16.4. The van der Waals surface area contributed by atoms with Crippen LogP contribution in [-0.4, -0.2) is 22.2 Å². The fraction of sp³-hybridized carbons (Fsp3) is 0.200. The highest BCUT2D eigenvalue weighted by molar-refractivity contribution is 8.22. The Bertz CT molecular complexity index is 619. The van der Waals surface area contributed by atoms with Gasteiger partial charge in [0.1, 0.15) is 0 Å². The highest BCUT2D eigenvalue weighted by Gasteiger charge is 2.22. The number of rotatable bonds is 4. The van der Waals surface area contributed by atoms with Crippen molar-refractivity contribution in [3.05, 3.63) is 51.8 Å². The Morgan fingerprint density at radius 2 is 1.75 bits per heavy atom. The Kier molecular flexibility index (Phi) is 3.99. The van der Waals surface area contributed by atoms with Crippen molar-refractivity contribution >= 4 is 22.8 Å². The van der Waals surface area contributed by atoms with Crippen LogP contribution in [0.15, 0.2) is 40.0 Å². The van der Waals surface area contributed by atoms with Gasteiger partial charge in [-0.05, 0) is 41.9 Å². The van der Waals surface area contributed by atoms with Crippen molar-refractivity contribution < 1.29 is 19.8 Å². The number of aryl methyl sites for hydroxylation is 1. The molecular formula is C15H16O4S. The van der Waals surface area contributed by atoms with Crippen molar-refractivity contribution in [2.45, 2.75) is 24.7 Å². The Hall–Kier alpha value is -2.01. The zero-order chi connectivity index (χ0) is 14.9. The molecule has 1 aromatic rings. The molecule has 0 amide bonds. The van der Waals surface area contributed by atoms with E-state index in [1.54, 1.807) is 13.0 Å². The van der Waals surface area contributed by atoms with E-state index in [1.807, 2.05) is 29.9 Å². The molecule has 5 heteroatoms. The number of hydrogen-bond donors (Lipinski definition) is 3. The van der Waals surface area contributed by atoms with E-state index in [0.29, 0.717) is 5.56 Å². The maximum Gasteiger partial charge on any atom is 0.336 e. The average Bonchev–Trinajstić information content (AvgIpc) is 2.90. The van der Waals surface area contributed by atoms with Crippen LogP contribution in [0.5, 0.6) is 0 Å². The molecule has 4 nitrogen and oxygen atoms in total. The Balaban J connectivity index is 2.59. The number of thiol groups is 1. The first-order chi connectivity index (χ1) is 9.41. The second-order valence-corrected chi connectivity index (χ2v) is 6.55. The summed E-state index contributed by atoms with van der Waals surface area (Å²) >= 11 is 0. The first-order valence-corrected chi connectivity index (χ1v) is 7.63. The molecule has 1 heterocycles. The number of aliphatic carboxylic acids is 1. The van der Waals surface area contributed by atoms with Crippen molar-refractivity contribution in [1.29, 1.82) is 0 Å². The van der Waals surface area contributed by atoms with Crippen LogP contribution in [0.2, 0.25) is 0 Å². The highest BCUT2D eigenvalue weighted by atomic mass is 32.2. The van der Waals surface area contributed by atoms with Gasteiger partial charge in [0.05, 0.1) is 11.5 Å². The molecule has 0 bridgehead atoms. The fourth-order valence-corrected chi connectivity index (χ4v) is 4.07. The van der Waals surface area contributed by atoms with Crippen LogP contribution in [0.25, 0.3) is 0 Å². The summed E-state index contributed by atoms with van der Waals surface area (Å²) in [5.74, 6) is -2.69. The van der Waals surface area contributed by atoms with Gasteiger partial charge >= 0.3 is 11.9 Å². The molecule has 1 aromatic carbocycles. The highest BCUT2D eigenvalue weighted by Crippen LogP contribution is 2.46. The number of allylic oxidation sites excluding steroid dienone is 2. The third-order valence-corrected chi connectivity index (χ3v) is 5.38. The van der Waals surface area contributed by atoms with Gasteiger partial charge in [-0.2, -0.15) is 10.9 Å². The summed E-state index contributed by atoms with van der Waals surface area (Å²) in [6, 6.07) is 3.27. The lowest BCUT2D eigenvalue weighted by Gasteiger charge is -2.19. The van der Waals surface area contributed by atoms with E-state index in [2.05, 4.69) is 0 Å². The van der Waals surface area contributed by atoms with Gasteiger partial charge in [-0.3, -0.25) is 4.79 Å². The minimum atomic E-state index is -1.02. The summed E-state index contributed by atoms with van der Waals surface area (Å²) in [4.78, 5) is 23.3. The number of carboxylic acids is 2. The Morgan fingerprint density at radius 1 is 1.15 bits per heavy atom. The maximum atomic E-state index is 11.5. The Labute approximate surface area is 119 Å². The number of benzene rings is 1. The molecular weight excluding hydrogens is 276 g/mol. The monoisotopic (exact) mass is 292 g/mol. The first kappa shape index (κ1) is 14.4. The van der Waals surface area contributed by atoms with E-state index in [9.17, 15) is 14.7 Å². The number of hydrogen-bond acceptors (Lipinski definition) is 2. The smallest absolute Gasteiger partial charge is 0.336 e. The summed E-state index contributed by atoms with van der Waals surface area (Å²) in [6.45, 7) is 3.39. The van der Waals surface area contributed by atoms with Crippen LogP contribution in [0.1, 0.15) is 34.3 Å². The standard InChI is InChI=1S/C15H16O4S/c1-9-7-11(10(2)14(16)17)8-12(15(18)19)13(9)20-5-3-4-6-20/h3-8,10,20H,1-2H3,(H,16,17)(H,18,19). The molecule has 0 aliphatic carbocycles. The zero-order valence-corrected chi connectivity index (χ0v) is 12.1. The summed E-state index contributed by atoms with van der Waals surface area (Å²) in [7, 11) is -0.751. The number of carbonyl (C=O) groups is 2. The van der Waals surface area contributed by atoms with Crippen LogP contribution in [0.3, 0.4) is 0 Å². The molecule has 20 heavy (non-hydrogen) atoms. The summed E-state index contributed by atoms with van der Waals surface area (Å²) < 4.78 is 0. The van der Waals surface area contributed by atoms with Gasteiger partial charge < -0.3 is 10.2 Å². The predicted molar refractivity (Wildman–Crippen MR) is 79.7 cm³/mol. The van der Waals surface area contributed by atoms with E-state index in [1.165, 1.54) is 6.07 Å². The van der Waals surface area contributed by atoms with Crippen molar-refractivity contribution in [2.75, 3.05) is 0 Å². The van der Waals surface area contributed by atoms with E-state index >= 15 is 0 Å². The molecule has 1 atom stereocenters. The van der Waals surface area contributed by atoms with E-state index < -0.39 is 28.8 Å². The van der Waals surface area contributed by atoms with Crippen LogP contribution in [-0.2, 0) is 4.79 Å². The third-order valence-electron chi connectivity index (χ3n) is 3.29. The topological polar surface area (TPSA) is 74.6 Å². The van der Waals surface area contributed by atoms with Crippen molar-refractivity contribution in [3.63, 3.8) is 0 Å². The molecule has 1 unspecified atom stereocenters. The van der Waals surface area contributed by atoms with Crippen LogP contribution < -0.4 is 0 Å². The maximum absolute atomic E-state index is 11.5. The molecule has 1 aliphatic rings. The van der Waals surface area contributed by atoms with E-state index in [0.717, 1.165) is 10.5 Å². The van der Waals surface area contributed by atoms with Gasteiger partial charge in [0, 0.05) is 4.90 Å². The second-order valence-electron chi connectivity index (χ2n) is 4.69. The van der Waals surface area contributed by atoms with Crippen LogP contribution in [0, 0.1) is 6.92 Å². The van der Waals surface area contributed by atoms with Gasteiger partial charge in [-0.25, -0.2) is 4.79 Å². The predicted octanol–water partition coefficient (Wildman–Crippen LogP) is 3.28. The fourth-order valence-electron chi connectivity index (χ4n) is 2.19. The Morgan fingerprint density at radius 3 is 2.25 bits per heavy atom. The summed E-state index contributed by atoms with van der Waals surface area (Å²) in [5, 5.41) is 22.5. The molecule has 0 aromatic heterocycles. The minimum absolute atomic E-state index is 0.204.